The summed E-state index contributed by atoms with van der Waals surface area (Å²) in [5.74, 6) is -1.27. The summed E-state index contributed by atoms with van der Waals surface area (Å²) >= 11 is 1.71. The van der Waals surface area contributed by atoms with Crippen LogP contribution < -0.4 is 5.32 Å². The number of carbonyl (C=O) groups excluding carboxylic acids is 1. The van der Waals surface area contributed by atoms with Gasteiger partial charge in [0.1, 0.15) is 5.82 Å². The topological polar surface area (TPSA) is 69.6 Å². The standard InChI is InChI=1S/C14H19FN2O3S/c1-9(6-7-21-3)17(2)14(20)16-10-4-5-11(13(18)19)12(15)8-10/h4-5,8-9H,6-7H2,1-3H3,(H,16,20)(H,18,19). The van der Waals surface area contributed by atoms with Gasteiger partial charge in [-0.05, 0) is 43.6 Å². The van der Waals surface area contributed by atoms with E-state index in [-0.39, 0.29) is 17.8 Å². The molecule has 0 aromatic heterocycles. The second-order valence-corrected chi connectivity index (χ2v) is 5.66. The molecule has 0 fully saturated rings. The maximum atomic E-state index is 13.5. The molecule has 0 saturated heterocycles. The number of anilines is 1. The van der Waals surface area contributed by atoms with Gasteiger partial charge in [0, 0.05) is 18.8 Å². The molecule has 1 aromatic rings. The Balaban J connectivity index is 2.70. The van der Waals surface area contributed by atoms with Crippen LogP contribution in [0.1, 0.15) is 23.7 Å². The van der Waals surface area contributed by atoms with E-state index in [0.29, 0.717) is 0 Å². The number of carbonyl (C=O) groups is 2. The van der Waals surface area contributed by atoms with Crippen molar-refractivity contribution in [2.24, 2.45) is 0 Å². The number of amides is 2. The molecule has 2 N–H and O–H groups in total. The number of carboxylic acid groups (broad SMARTS) is 1. The number of hydrogen-bond donors (Lipinski definition) is 2. The quantitative estimate of drug-likeness (QED) is 0.846. The lowest BCUT2D eigenvalue weighted by molar-refractivity contribution is 0.0692. The van der Waals surface area contributed by atoms with E-state index in [1.165, 1.54) is 6.07 Å². The van der Waals surface area contributed by atoms with Crippen LogP contribution in [-0.2, 0) is 0 Å². The number of aromatic carboxylic acids is 1. The predicted octanol–water partition coefficient (Wildman–Crippen LogP) is 3.13. The van der Waals surface area contributed by atoms with Crippen molar-refractivity contribution < 1.29 is 19.1 Å². The highest BCUT2D eigenvalue weighted by Crippen LogP contribution is 2.16. The maximum Gasteiger partial charge on any atom is 0.338 e. The van der Waals surface area contributed by atoms with E-state index in [2.05, 4.69) is 5.32 Å². The molecule has 0 aliphatic heterocycles. The average molecular weight is 314 g/mol. The number of rotatable bonds is 6. The number of hydrogen-bond acceptors (Lipinski definition) is 3. The molecule has 1 rings (SSSR count). The first-order chi connectivity index (χ1) is 9.86. The van der Waals surface area contributed by atoms with Crippen molar-refractivity contribution in [2.45, 2.75) is 19.4 Å². The molecule has 1 atom stereocenters. The van der Waals surface area contributed by atoms with Crippen LogP contribution in [0.3, 0.4) is 0 Å². The van der Waals surface area contributed by atoms with Crippen molar-refractivity contribution >= 4 is 29.4 Å². The van der Waals surface area contributed by atoms with Crippen LogP contribution in [0.25, 0.3) is 0 Å². The minimum absolute atomic E-state index is 0.0561. The van der Waals surface area contributed by atoms with Crippen LogP contribution >= 0.6 is 11.8 Å². The van der Waals surface area contributed by atoms with E-state index in [4.69, 9.17) is 5.11 Å². The molecule has 116 valence electrons. The van der Waals surface area contributed by atoms with Gasteiger partial charge in [-0.3, -0.25) is 0 Å². The highest BCUT2D eigenvalue weighted by Gasteiger charge is 2.17. The lowest BCUT2D eigenvalue weighted by Crippen LogP contribution is -2.38. The molecule has 2 amide bonds. The number of thioether (sulfide) groups is 1. The number of nitrogens with zero attached hydrogens (tertiary/aromatic N) is 1. The minimum atomic E-state index is -1.34. The Labute approximate surface area is 127 Å². The van der Waals surface area contributed by atoms with Crippen molar-refractivity contribution in [1.82, 2.24) is 4.90 Å². The summed E-state index contributed by atoms with van der Waals surface area (Å²) in [4.78, 5) is 24.3. The molecule has 0 heterocycles. The van der Waals surface area contributed by atoms with Crippen LogP contribution in [0.15, 0.2) is 18.2 Å². The fourth-order valence-electron chi connectivity index (χ4n) is 1.66. The Morgan fingerprint density at radius 3 is 2.67 bits per heavy atom. The lowest BCUT2D eigenvalue weighted by Gasteiger charge is -2.25. The van der Waals surface area contributed by atoms with Gasteiger partial charge in [-0.15, -0.1) is 0 Å². The van der Waals surface area contributed by atoms with Gasteiger partial charge in [0.2, 0.25) is 0 Å². The number of nitrogens with one attached hydrogen (secondary N) is 1. The average Bonchev–Trinajstić information content (AvgIpc) is 2.43. The normalized spacial score (nSPS) is 11.8. The molecule has 7 heteroatoms. The number of urea groups is 1. The summed E-state index contributed by atoms with van der Waals surface area (Å²) in [5, 5.41) is 11.3. The fourth-order valence-corrected chi connectivity index (χ4v) is 2.24. The molecule has 0 aliphatic carbocycles. The van der Waals surface area contributed by atoms with Crippen LogP contribution in [-0.4, -0.2) is 47.1 Å². The summed E-state index contributed by atoms with van der Waals surface area (Å²) in [7, 11) is 1.67. The third-order valence-electron chi connectivity index (χ3n) is 3.17. The smallest absolute Gasteiger partial charge is 0.338 e. The van der Waals surface area contributed by atoms with E-state index in [1.807, 2.05) is 13.2 Å². The zero-order valence-electron chi connectivity index (χ0n) is 12.2. The van der Waals surface area contributed by atoms with Crippen molar-refractivity contribution in [3.05, 3.63) is 29.6 Å². The van der Waals surface area contributed by atoms with Crippen LogP contribution in [0, 0.1) is 5.82 Å². The maximum absolute atomic E-state index is 13.5. The molecule has 21 heavy (non-hydrogen) atoms. The predicted molar refractivity (Wildman–Crippen MR) is 82.6 cm³/mol. The van der Waals surface area contributed by atoms with Gasteiger partial charge in [0.15, 0.2) is 0 Å². The first-order valence-electron chi connectivity index (χ1n) is 6.42. The number of carboxylic acids is 1. The van der Waals surface area contributed by atoms with E-state index in [9.17, 15) is 14.0 Å². The van der Waals surface area contributed by atoms with E-state index in [1.54, 1.807) is 23.7 Å². The van der Waals surface area contributed by atoms with Crippen LogP contribution in [0.5, 0.6) is 0 Å². The molecule has 1 aromatic carbocycles. The summed E-state index contributed by atoms with van der Waals surface area (Å²) < 4.78 is 13.5. The Hall–Kier alpha value is -1.76. The monoisotopic (exact) mass is 314 g/mol. The van der Waals surface area contributed by atoms with E-state index < -0.39 is 17.3 Å². The van der Waals surface area contributed by atoms with Crippen molar-refractivity contribution in [3.63, 3.8) is 0 Å². The lowest BCUT2D eigenvalue weighted by atomic mass is 10.2. The van der Waals surface area contributed by atoms with Gasteiger partial charge in [-0.25, -0.2) is 14.0 Å². The van der Waals surface area contributed by atoms with Gasteiger partial charge in [-0.1, -0.05) is 0 Å². The summed E-state index contributed by atoms with van der Waals surface area (Å²) in [5.41, 5.74) is -0.193. The minimum Gasteiger partial charge on any atom is -0.478 e. The van der Waals surface area contributed by atoms with Gasteiger partial charge in [-0.2, -0.15) is 11.8 Å². The van der Waals surface area contributed by atoms with Crippen molar-refractivity contribution in [1.29, 1.82) is 0 Å². The zero-order chi connectivity index (χ0) is 16.0. The SMILES string of the molecule is CSCCC(C)N(C)C(=O)Nc1ccc(C(=O)O)c(F)c1. The highest BCUT2D eigenvalue weighted by atomic mass is 32.2. The van der Waals surface area contributed by atoms with Crippen molar-refractivity contribution in [3.8, 4) is 0 Å². The van der Waals surface area contributed by atoms with Gasteiger partial charge >= 0.3 is 12.0 Å². The van der Waals surface area contributed by atoms with E-state index in [0.717, 1.165) is 24.3 Å². The molecular weight excluding hydrogens is 295 g/mol. The zero-order valence-corrected chi connectivity index (χ0v) is 13.0. The molecule has 0 aliphatic rings. The van der Waals surface area contributed by atoms with Gasteiger partial charge in [0.05, 0.1) is 5.56 Å². The van der Waals surface area contributed by atoms with Gasteiger partial charge in [0.25, 0.3) is 0 Å². The molecule has 0 bridgehead atoms. The molecule has 0 spiro atoms. The summed E-state index contributed by atoms with van der Waals surface area (Å²) in [6, 6.07) is 3.20. The second-order valence-electron chi connectivity index (χ2n) is 4.67. The Morgan fingerprint density at radius 1 is 1.48 bits per heavy atom. The third-order valence-corrected chi connectivity index (χ3v) is 3.82. The molecule has 5 nitrogen and oxygen atoms in total. The Kier molecular flexibility index (Phi) is 6.48. The van der Waals surface area contributed by atoms with Crippen molar-refractivity contribution in [2.75, 3.05) is 24.4 Å². The van der Waals surface area contributed by atoms with E-state index >= 15 is 0 Å². The molecule has 0 radical (unpaired) electrons. The largest absolute Gasteiger partial charge is 0.478 e. The second kappa shape index (κ2) is 7.87. The summed E-state index contributed by atoms with van der Waals surface area (Å²) in [6.45, 7) is 1.93. The first kappa shape index (κ1) is 17.3. The first-order valence-corrected chi connectivity index (χ1v) is 7.81. The van der Waals surface area contributed by atoms with Gasteiger partial charge < -0.3 is 15.3 Å². The van der Waals surface area contributed by atoms with Crippen LogP contribution in [0.4, 0.5) is 14.9 Å². The fraction of sp³-hybridized carbons (Fsp3) is 0.429. The Bertz CT molecular complexity index is 525. The number of halogens is 1. The molecule has 0 saturated carbocycles. The summed E-state index contributed by atoms with van der Waals surface area (Å²) in [6.07, 6.45) is 2.86. The molecular formula is C14H19FN2O3S. The molecule has 1 unspecified atom stereocenters. The third kappa shape index (κ3) is 4.93. The highest BCUT2D eigenvalue weighted by molar-refractivity contribution is 7.98. The number of benzene rings is 1. The Morgan fingerprint density at radius 2 is 2.14 bits per heavy atom. The van der Waals surface area contributed by atoms with Crippen LogP contribution in [0.2, 0.25) is 0 Å².